The highest BCUT2D eigenvalue weighted by atomic mass is 19.4. The molecule has 1 atom stereocenters. The molecule has 0 radical (unpaired) electrons. The Balaban J connectivity index is 1.89. The van der Waals surface area contributed by atoms with Gasteiger partial charge in [0.2, 0.25) is 0 Å². The summed E-state index contributed by atoms with van der Waals surface area (Å²) in [4.78, 5) is 15.3. The van der Waals surface area contributed by atoms with Crippen LogP contribution in [0.2, 0.25) is 0 Å². The molecular formula is C13H16F3N3O. The standard InChI is InChI=1S/C13H16F3N3O/c14-13(15,16)10-3-4-11(18-8-10)12(20)19-7-9-2-1-5-17-6-9/h3-4,8-9,17H,1-2,5-7H2,(H,19,20). The average molecular weight is 287 g/mol. The minimum atomic E-state index is -4.43. The van der Waals surface area contributed by atoms with E-state index in [1.165, 1.54) is 0 Å². The zero-order chi connectivity index (χ0) is 14.6. The summed E-state index contributed by atoms with van der Waals surface area (Å²) in [6.45, 7) is 2.35. The fourth-order valence-corrected chi connectivity index (χ4v) is 2.12. The van der Waals surface area contributed by atoms with Crippen molar-refractivity contribution in [3.63, 3.8) is 0 Å². The van der Waals surface area contributed by atoms with Gasteiger partial charge in [0.1, 0.15) is 5.69 Å². The lowest BCUT2D eigenvalue weighted by Gasteiger charge is -2.22. The van der Waals surface area contributed by atoms with Crippen molar-refractivity contribution in [2.24, 2.45) is 5.92 Å². The Morgan fingerprint density at radius 1 is 1.45 bits per heavy atom. The Bertz CT molecular complexity index is 453. The van der Waals surface area contributed by atoms with Gasteiger partial charge < -0.3 is 10.6 Å². The van der Waals surface area contributed by atoms with E-state index < -0.39 is 17.6 Å². The number of nitrogens with one attached hydrogen (secondary N) is 2. The molecule has 2 rings (SSSR count). The first-order valence-electron chi connectivity index (χ1n) is 6.49. The molecule has 7 heteroatoms. The molecule has 1 aromatic rings. The third-order valence-corrected chi connectivity index (χ3v) is 3.27. The van der Waals surface area contributed by atoms with E-state index in [4.69, 9.17) is 0 Å². The topological polar surface area (TPSA) is 54.0 Å². The van der Waals surface area contributed by atoms with E-state index in [0.29, 0.717) is 18.7 Å². The van der Waals surface area contributed by atoms with Crippen LogP contribution < -0.4 is 10.6 Å². The predicted molar refractivity (Wildman–Crippen MR) is 67.2 cm³/mol. The molecule has 0 aromatic carbocycles. The van der Waals surface area contributed by atoms with Gasteiger partial charge in [-0.05, 0) is 44.0 Å². The normalized spacial score (nSPS) is 19.6. The number of amides is 1. The van der Waals surface area contributed by atoms with Crippen molar-refractivity contribution in [1.82, 2.24) is 15.6 Å². The van der Waals surface area contributed by atoms with Gasteiger partial charge >= 0.3 is 6.18 Å². The van der Waals surface area contributed by atoms with Crippen molar-refractivity contribution in [1.29, 1.82) is 0 Å². The zero-order valence-corrected chi connectivity index (χ0v) is 10.8. The summed E-state index contributed by atoms with van der Waals surface area (Å²) < 4.78 is 37.1. The highest BCUT2D eigenvalue weighted by Crippen LogP contribution is 2.28. The van der Waals surface area contributed by atoms with E-state index in [-0.39, 0.29) is 5.69 Å². The number of pyridine rings is 1. The van der Waals surface area contributed by atoms with Gasteiger partial charge in [-0.15, -0.1) is 0 Å². The molecule has 0 bridgehead atoms. The minimum absolute atomic E-state index is 0.00164. The maximum absolute atomic E-state index is 12.4. The molecule has 1 amide bonds. The van der Waals surface area contributed by atoms with E-state index in [0.717, 1.165) is 38.1 Å². The van der Waals surface area contributed by atoms with Crippen LogP contribution in [0.15, 0.2) is 18.3 Å². The molecule has 110 valence electrons. The smallest absolute Gasteiger partial charge is 0.350 e. The van der Waals surface area contributed by atoms with E-state index in [9.17, 15) is 18.0 Å². The summed E-state index contributed by atoms with van der Waals surface area (Å²) in [5, 5.41) is 5.93. The van der Waals surface area contributed by atoms with Crippen LogP contribution in [0, 0.1) is 5.92 Å². The second-order valence-corrected chi connectivity index (χ2v) is 4.85. The SMILES string of the molecule is O=C(NCC1CCCNC1)c1ccc(C(F)(F)F)cn1. The lowest BCUT2D eigenvalue weighted by Crippen LogP contribution is -2.38. The lowest BCUT2D eigenvalue weighted by molar-refractivity contribution is -0.137. The quantitative estimate of drug-likeness (QED) is 0.892. The van der Waals surface area contributed by atoms with Gasteiger partial charge in [0, 0.05) is 12.7 Å². The third-order valence-electron chi connectivity index (χ3n) is 3.27. The largest absolute Gasteiger partial charge is 0.417 e. The maximum atomic E-state index is 12.4. The first-order valence-corrected chi connectivity index (χ1v) is 6.49. The summed E-state index contributed by atoms with van der Waals surface area (Å²) in [6, 6.07) is 1.96. The van der Waals surface area contributed by atoms with Crippen molar-refractivity contribution >= 4 is 5.91 Å². The van der Waals surface area contributed by atoms with Crippen LogP contribution in [0.25, 0.3) is 0 Å². The molecule has 1 unspecified atom stereocenters. The van der Waals surface area contributed by atoms with Crippen LogP contribution in [0.1, 0.15) is 28.9 Å². The predicted octanol–water partition coefficient (Wildman–Crippen LogP) is 1.83. The highest BCUT2D eigenvalue weighted by molar-refractivity contribution is 5.92. The number of hydrogen-bond donors (Lipinski definition) is 2. The molecule has 0 spiro atoms. The summed E-state index contributed by atoms with van der Waals surface area (Å²) >= 11 is 0. The molecule has 2 heterocycles. The molecule has 1 aliphatic rings. The van der Waals surface area contributed by atoms with Gasteiger partial charge in [-0.3, -0.25) is 9.78 Å². The van der Waals surface area contributed by atoms with Gasteiger partial charge in [-0.25, -0.2) is 0 Å². The molecule has 1 aliphatic heterocycles. The summed E-state index contributed by atoms with van der Waals surface area (Å²) in [5.41, 5.74) is -0.854. The highest BCUT2D eigenvalue weighted by Gasteiger charge is 2.30. The van der Waals surface area contributed by atoms with E-state index in [1.54, 1.807) is 0 Å². The number of piperidine rings is 1. The molecular weight excluding hydrogens is 271 g/mol. The number of hydrogen-bond acceptors (Lipinski definition) is 3. The van der Waals surface area contributed by atoms with Gasteiger partial charge in [0.25, 0.3) is 5.91 Å². The van der Waals surface area contributed by atoms with E-state index in [2.05, 4.69) is 15.6 Å². The van der Waals surface area contributed by atoms with Gasteiger partial charge in [-0.2, -0.15) is 13.2 Å². The fourth-order valence-electron chi connectivity index (χ4n) is 2.12. The number of carbonyl (C=O) groups excluding carboxylic acids is 1. The van der Waals surface area contributed by atoms with Crippen molar-refractivity contribution < 1.29 is 18.0 Å². The number of alkyl halides is 3. The van der Waals surface area contributed by atoms with Gasteiger partial charge in [0.05, 0.1) is 5.56 Å². The second-order valence-electron chi connectivity index (χ2n) is 4.85. The molecule has 0 saturated carbocycles. The second kappa shape index (κ2) is 6.21. The Hall–Kier alpha value is -1.63. The molecule has 1 aromatic heterocycles. The van der Waals surface area contributed by atoms with Crippen molar-refractivity contribution in [3.8, 4) is 0 Å². The van der Waals surface area contributed by atoms with E-state index >= 15 is 0 Å². The van der Waals surface area contributed by atoms with Crippen LogP contribution in [0.3, 0.4) is 0 Å². The number of halogens is 3. The monoisotopic (exact) mass is 287 g/mol. The third kappa shape index (κ3) is 3.93. The van der Waals surface area contributed by atoms with Gasteiger partial charge in [0.15, 0.2) is 0 Å². The van der Waals surface area contributed by atoms with Gasteiger partial charge in [-0.1, -0.05) is 0 Å². The fraction of sp³-hybridized carbons (Fsp3) is 0.538. The number of rotatable bonds is 3. The Kier molecular flexibility index (Phi) is 4.59. The summed E-state index contributed by atoms with van der Waals surface area (Å²) in [7, 11) is 0. The Labute approximate surface area is 114 Å². The molecule has 2 N–H and O–H groups in total. The van der Waals surface area contributed by atoms with E-state index in [1.807, 2.05) is 0 Å². The molecule has 20 heavy (non-hydrogen) atoms. The Morgan fingerprint density at radius 3 is 2.80 bits per heavy atom. The zero-order valence-electron chi connectivity index (χ0n) is 10.8. The molecule has 4 nitrogen and oxygen atoms in total. The number of aromatic nitrogens is 1. The van der Waals surface area contributed by atoms with Crippen molar-refractivity contribution in [3.05, 3.63) is 29.6 Å². The summed E-state index contributed by atoms with van der Waals surface area (Å²) in [6.07, 6.45) is -1.65. The van der Waals surface area contributed by atoms with Crippen LogP contribution in [0.5, 0.6) is 0 Å². The first kappa shape index (κ1) is 14.8. The van der Waals surface area contributed by atoms with Crippen LogP contribution in [-0.2, 0) is 6.18 Å². The molecule has 0 aliphatic carbocycles. The van der Waals surface area contributed by atoms with Crippen LogP contribution >= 0.6 is 0 Å². The lowest BCUT2D eigenvalue weighted by atomic mass is 10.00. The van der Waals surface area contributed by atoms with Crippen LogP contribution in [0.4, 0.5) is 13.2 Å². The Morgan fingerprint density at radius 2 is 2.25 bits per heavy atom. The van der Waals surface area contributed by atoms with Crippen LogP contribution in [-0.4, -0.2) is 30.5 Å². The number of carbonyl (C=O) groups is 1. The first-order chi connectivity index (χ1) is 9.47. The average Bonchev–Trinajstić information content (AvgIpc) is 2.45. The molecule has 1 fully saturated rings. The maximum Gasteiger partial charge on any atom is 0.417 e. The number of nitrogens with zero attached hydrogens (tertiary/aromatic N) is 1. The molecule has 1 saturated heterocycles. The van der Waals surface area contributed by atoms with Crippen molar-refractivity contribution in [2.45, 2.75) is 19.0 Å². The van der Waals surface area contributed by atoms with Crippen molar-refractivity contribution in [2.75, 3.05) is 19.6 Å². The summed E-state index contributed by atoms with van der Waals surface area (Å²) in [5.74, 6) is -0.0774. The minimum Gasteiger partial charge on any atom is -0.350 e.